The number of piperidine rings is 1. The van der Waals surface area contributed by atoms with Crippen LogP contribution in [0.1, 0.15) is 36.2 Å². The van der Waals surface area contributed by atoms with Crippen LogP contribution in [0.2, 0.25) is 0 Å². The Balaban J connectivity index is 1.59. The third kappa shape index (κ3) is 3.32. The lowest BCUT2D eigenvalue weighted by atomic mass is 9.95. The van der Waals surface area contributed by atoms with Gasteiger partial charge in [0.05, 0.1) is 17.2 Å². The van der Waals surface area contributed by atoms with Gasteiger partial charge in [-0.25, -0.2) is 4.39 Å². The summed E-state index contributed by atoms with van der Waals surface area (Å²) in [5.74, 6) is 1.37. The number of hydrogen-bond acceptors (Lipinski definition) is 6. The zero-order valence-electron chi connectivity index (χ0n) is 16.0. The molecule has 1 aromatic carbocycles. The van der Waals surface area contributed by atoms with Gasteiger partial charge >= 0.3 is 0 Å². The van der Waals surface area contributed by atoms with E-state index < -0.39 is 0 Å². The Morgan fingerprint density at radius 2 is 2.10 bits per heavy atom. The van der Waals surface area contributed by atoms with Gasteiger partial charge in [-0.3, -0.25) is 4.90 Å². The SMILES string of the molecule is C[C@@H]1CCCN([C@@H](c2ccc(F)cc2)c2sc3nc(-c4ccco4)nn3c2O)C1. The lowest BCUT2D eigenvalue weighted by molar-refractivity contribution is 0.149. The summed E-state index contributed by atoms with van der Waals surface area (Å²) < 4.78 is 20.4. The molecule has 1 aliphatic rings. The number of hydrogen-bond donors (Lipinski definition) is 1. The van der Waals surface area contributed by atoms with Gasteiger partial charge in [0, 0.05) is 6.54 Å². The van der Waals surface area contributed by atoms with Crippen LogP contribution >= 0.6 is 11.3 Å². The molecule has 8 heteroatoms. The summed E-state index contributed by atoms with van der Waals surface area (Å²) in [5, 5.41) is 15.4. The summed E-state index contributed by atoms with van der Waals surface area (Å²) in [6, 6.07) is 9.92. The lowest BCUT2D eigenvalue weighted by Crippen LogP contribution is -2.37. The molecular formula is C21H21FN4O2S. The van der Waals surface area contributed by atoms with E-state index in [4.69, 9.17) is 4.42 Å². The topological polar surface area (TPSA) is 66.8 Å². The van der Waals surface area contributed by atoms with Crippen LogP contribution in [0.3, 0.4) is 0 Å². The van der Waals surface area contributed by atoms with E-state index in [0.717, 1.165) is 30.0 Å². The number of benzene rings is 1. The third-order valence-electron chi connectivity index (χ3n) is 5.43. The second-order valence-electron chi connectivity index (χ2n) is 7.59. The number of fused-ring (bicyclic) bond motifs is 1. The Morgan fingerprint density at radius 3 is 2.79 bits per heavy atom. The Morgan fingerprint density at radius 1 is 1.28 bits per heavy atom. The van der Waals surface area contributed by atoms with E-state index in [9.17, 15) is 9.50 Å². The van der Waals surface area contributed by atoms with E-state index >= 15 is 0 Å². The maximum absolute atomic E-state index is 13.5. The van der Waals surface area contributed by atoms with Crippen LogP contribution in [0.15, 0.2) is 47.1 Å². The van der Waals surface area contributed by atoms with Gasteiger partial charge in [-0.1, -0.05) is 30.4 Å². The molecule has 0 aliphatic carbocycles. The van der Waals surface area contributed by atoms with Crippen LogP contribution in [-0.4, -0.2) is 37.7 Å². The highest BCUT2D eigenvalue weighted by Gasteiger charge is 2.32. The fourth-order valence-electron chi connectivity index (χ4n) is 4.07. The molecule has 5 rings (SSSR count). The van der Waals surface area contributed by atoms with E-state index in [2.05, 4.69) is 21.9 Å². The molecule has 6 nitrogen and oxygen atoms in total. The first-order valence-electron chi connectivity index (χ1n) is 9.72. The average molecular weight is 412 g/mol. The van der Waals surface area contributed by atoms with E-state index in [1.165, 1.54) is 34.4 Å². The van der Waals surface area contributed by atoms with Crippen molar-refractivity contribution in [1.29, 1.82) is 0 Å². The van der Waals surface area contributed by atoms with Gasteiger partial charge in [-0.05, 0) is 55.1 Å². The zero-order valence-corrected chi connectivity index (χ0v) is 16.8. The van der Waals surface area contributed by atoms with Crippen LogP contribution in [0.25, 0.3) is 16.5 Å². The molecule has 0 saturated carbocycles. The molecule has 1 aliphatic heterocycles. The van der Waals surface area contributed by atoms with Gasteiger partial charge in [0.15, 0.2) is 5.76 Å². The molecule has 2 atom stereocenters. The minimum Gasteiger partial charge on any atom is -0.492 e. The van der Waals surface area contributed by atoms with Gasteiger partial charge in [0.1, 0.15) is 5.82 Å². The molecular weight excluding hydrogens is 391 g/mol. The molecule has 0 spiro atoms. The highest BCUT2D eigenvalue weighted by atomic mass is 32.1. The molecule has 29 heavy (non-hydrogen) atoms. The monoisotopic (exact) mass is 412 g/mol. The standard InChI is InChI=1S/C21H21FN4O2S/c1-13-4-2-10-25(12-13)17(14-6-8-15(22)9-7-14)18-20(27)26-21(29-18)23-19(24-26)16-5-3-11-28-16/h3,5-9,11,13,17,27H,2,4,10,12H2,1H3/t13-,17+/m1/s1. The van der Waals surface area contributed by atoms with E-state index in [1.807, 2.05) is 0 Å². The van der Waals surface area contributed by atoms with Crippen LogP contribution in [0.4, 0.5) is 4.39 Å². The summed E-state index contributed by atoms with van der Waals surface area (Å²) in [6.45, 7) is 4.09. The molecule has 3 aromatic heterocycles. The van der Waals surface area contributed by atoms with Crippen LogP contribution < -0.4 is 0 Å². The highest BCUT2D eigenvalue weighted by Crippen LogP contribution is 2.41. The van der Waals surface area contributed by atoms with Crippen LogP contribution in [0.5, 0.6) is 5.88 Å². The maximum Gasteiger partial charge on any atom is 0.230 e. The van der Waals surface area contributed by atoms with E-state index in [-0.39, 0.29) is 17.7 Å². The average Bonchev–Trinajstić information content (AvgIpc) is 3.43. The number of halogens is 1. The minimum atomic E-state index is -0.269. The molecule has 0 bridgehead atoms. The second-order valence-corrected chi connectivity index (χ2v) is 8.60. The highest BCUT2D eigenvalue weighted by molar-refractivity contribution is 7.17. The molecule has 4 heterocycles. The first-order valence-corrected chi connectivity index (χ1v) is 10.5. The van der Waals surface area contributed by atoms with Crippen molar-refractivity contribution >= 4 is 16.3 Å². The van der Waals surface area contributed by atoms with Crippen LogP contribution in [-0.2, 0) is 0 Å². The van der Waals surface area contributed by atoms with Gasteiger partial charge < -0.3 is 9.52 Å². The van der Waals surface area contributed by atoms with Crippen molar-refractivity contribution in [1.82, 2.24) is 19.5 Å². The Bertz CT molecular complexity index is 1120. The van der Waals surface area contributed by atoms with Crippen molar-refractivity contribution in [3.63, 3.8) is 0 Å². The van der Waals surface area contributed by atoms with Crippen LogP contribution in [0, 0.1) is 11.7 Å². The number of likely N-dealkylation sites (tertiary alicyclic amines) is 1. The van der Waals surface area contributed by atoms with Gasteiger partial charge in [-0.15, -0.1) is 5.10 Å². The number of aromatic hydroxyl groups is 1. The van der Waals surface area contributed by atoms with Crippen molar-refractivity contribution in [3.05, 3.63) is 58.9 Å². The van der Waals surface area contributed by atoms with E-state index in [0.29, 0.717) is 22.5 Å². The van der Waals surface area contributed by atoms with Crippen molar-refractivity contribution < 1.29 is 13.9 Å². The third-order valence-corrected chi connectivity index (χ3v) is 6.50. The molecule has 0 radical (unpaired) electrons. The first kappa shape index (κ1) is 18.3. The summed E-state index contributed by atoms with van der Waals surface area (Å²) in [7, 11) is 0. The number of rotatable bonds is 4. The smallest absolute Gasteiger partial charge is 0.230 e. The fourth-order valence-corrected chi connectivity index (χ4v) is 5.19. The van der Waals surface area contributed by atoms with Crippen molar-refractivity contribution in [2.75, 3.05) is 13.1 Å². The Kier molecular flexibility index (Phi) is 4.60. The molecule has 1 N–H and O–H groups in total. The Hall–Kier alpha value is -2.71. The summed E-state index contributed by atoms with van der Waals surface area (Å²) in [6.07, 6.45) is 3.86. The zero-order chi connectivity index (χ0) is 20.0. The normalized spacial score (nSPS) is 19.0. The van der Waals surface area contributed by atoms with Gasteiger partial charge in [0.25, 0.3) is 0 Å². The predicted octanol–water partition coefficient (Wildman–Crippen LogP) is 4.72. The van der Waals surface area contributed by atoms with Crippen molar-refractivity contribution in [2.45, 2.75) is 25.8 Å². The van der Waals surface area contributed by atoms with Crippen molar-refractivity contribution in [3.8, 4) is 17.5 Å². The maximum atomic E-state index is 13.5. The number of aromatic nitrogens is 3. The summed E-state index contributed by atoms with van der Waals surface area (Å²) >= 11 is 1.41. The summed E-state index contributed by atoms with van der Waals surface area (Å²) in [5.41, 5.74) is 0.951. The molecule has 1 saturated heterocycles. The van der Waals surface area contributed by atoms with Gasteiger partial charge in [-0.2, -0.15) is 9.50 Å². The number of thiazole rings is 1. The van der Waals surface area contributed by atoms with Gasteiger partial charge in [0.2, 0.25) is 16.7 Å². The molecule has 150 valence electrons. The number of nitrogens with zero attached hydrogens (tertiary/aromatic N) is 4. The number of furan rings is 1. The predicted molar refractivity (Wildman–Crippen MR) is 108 cm³/mol. The first-order chi connectivity index (χ1) is 14.1. The molecule has 0 unspecified atom stereocenters. The minimum absolute atomic E-state index is 0.0721. The molecule has 4 aromatic rings. The lowest BCUT2D eigenvalue weighted by Gasteiger charge is -2.37. The molecule has 0 amide bonds. The fraction of sp³-hybridized carbons (Fsp3) is 0.333. The Labute approximate surface area is 171 Å². The largest absolute Gasteiger partial charge is 0.492 e. The van der Waals surface area contributed by atoms with E-state index in [1.54, 1.807) is 30.5 Å². The summed E-state index contributed by atoms with van der Waals surface area (Å²) in [4.78, 5) is 8.25. The quantitative estimate of drug-likeness (QED) is 0.526. The molecule has 1 fully saturated rings. The second kappa shape index (κ2) is 7.27. The van der Waals surface area contributed by atoms with Crippen molar-refractivity contribution in [2.24, 2.45) is 5.92 Å².